The van der Waals surface area contributed by atoms with Crippen molar-refractivity contribution in [3.63, 3.8) is 0 Å². The molecule has 0 bridgehead atoms. The van der Waals surface area contributed by atoms with Crippen LogP contribution in [0.4, 0.5) is 0 Å². The third-order valence-corrected chi connectivity index (χ3v) is 3.65. The van der Waals surface area contributed by atoms with E-state index >= 15 is 0 Å². The van der Waals surface area contributed by atoms with E-state index < -0.39 is 0 Å². The van der Waals surface area contributed by atoms with Crippen LogP contribution in [0.25, 0.3) is 0 Å². The molecule has 2 nitrogen and oxygen atoms in total. The molecule has 0 amide bonds. The van der Waals surface area contributed by atoms with Gasteiger partial charge < -0.3 is 9.80 Å². The van der Waals surface area contributed by atoms with Crippen molar-refractivity contribution in [2.24, 2.45) is 5.41 Å². The summed E-state index contributed by atoms with van der Waals surface area (Å²) in [6.45, 7) is 15.4. The van der Waals surface area contributed by atoms with E-state index in [0.717, 1.165) is 6.04 Å². The fourth-order valence-electron chi connectivity index (χ4n) is 2.58. The SMILES string of the molecule is CC(C)N(C)C1CCN(CC(C)(C)C)CC1. The molecule has 0 spiro atoms. The van der Waals surface area contributed by atoms with Crippen LogP contribution in [-0.2, 0) is 0 Å². The predicted molar refractivity (Wildman–Crippen MR) is 71.8 cm³/mol. The van der Waals surface area contributed by atoms with E-state index in [1.165, 1.54) is 32.5 Å². The Morgan fingerprint density at radius 1 is 1.19 bits per heavy atom. The predicted octanol–water partition coefficient (Wildman–Crippen LogP) is 2.84. The Labute approximate surface area is 102 Å². The normalized spacial score (nSPS) is 21.0. The molecule has 1 aliphatic rings. The number of piperidine rings is 1. The topological polar surface area (TPSA) is 6.48 Å². The van der Waals surface area contributed by atoms with Gasteiger partial charge in [-0.25, -0.2) is 0 Å². The summed E-state index contributed by atoms with van der Waals surface area (Å²) >= 11 is 0. The van der Waals surface area contributed by atoms with Crippen LogP contribution in [0.15, 0.2) is 0 Å². The minimum absolute atomic E-state index is 0.441. The lowest BCUT2D eigenvalue weighted by Gasteiger charge is -2.40. The third kappa shape index (κ3) is 4.42. The number of hydrogen-bond donors (Lipinski definition) is 0. The molecule has 0 aromatic heterocycles. The number of likely N-dealkylation sites (tertiary alicyclic amines) is 1. The van der Waals surface area contributed by atoms with Gasteiger partial charge >= 0.3 is 0 Å². The molecule has 0 N–H and O–H groups in total. The van der Waals surface area contributed by atoms with Gasteiger partial charge in [0.25, 0.3) is 0 Å². The standard InChI is InChI=1S/C14H30N2/c1-12(2)15(6)13-7-9-16(10-8-13)11-14(3,4)5/h12-13H,7-11H2,1-6H3. The van der Waals surface area contributed by atoms with E-state index in [1.807, 2.05) is 0 Å². The first kappa shape index (κ1) is 14.0. The molecule has 1 saturated heterocycles. The van der Waals surface area contributed by atoms with Crippen molar-refractivity contribution >= 4 is 0 Å². The maximum atomic E-state index is 2.63. The lowest BCUT2D eigenvalue weighted by Crippen LogP contribution is -2.47. The van der Waals surface area contributed by atoms with Crippen molar-refractivity contribution in [1.29, 1.82) is 0 Å². The van der Waals surface area contributed by atoms with Crippen molar-refractivity contribution in [1.82, 2.24) is 9.80 Å². The van der Waals surface area contributed by atoms with Crippen LogP contribution in [0.2, 0.25) is 0 Å². The molecule has 1 rings (SSSR count). The highest BCUT2D eigenvalue weighted by Gasteiger charge is 2.25. The monoisotopic (exact) mass is 226 g/mol. The number of hydrogen-bond acceptors (Lipinski definition) is 2. The summed E-state index contributed by atoms with van der Waals surface area (Å²) in [7, 11) is 2.27. The van der Waals surface area contributed by atoms with E-state index in [9.17, 15) is 0 Å². The van der Waals surface area contributed by atoms with Crippen LogP contribution in [0, 0.1) is 5.41 Å². The molecule has 0 aromatic rings. The van der Waals surface area contributed by atoms with E-state index in [2.05, 4.69) is 51.5 Å². The summed E-state index contributed by atoms with van der Waals surface area (Å²) in [5.74, 6) is 0. The second-order valence-corrected chi connectivity index (χ2v) is 6.83. The lowest BCUT2D eigenvalue weighted by atomic mass is 9.94. The van der Waals surface area contributed by atoms with Crippen LogP contribution in [-0.4, -0.2) is 48.6 Å². The van der Waals surface area contributed by atoms with Crippen LogP contribution in [0.1, 0.15) is 47.5 Å². The summed E-state index contributed by atoms with van der Waals surface area (Å²) in [6, 6.07) is 1.48. The summed E-state index contributed by atoms with van der Waals surface area (Å²) in [5.41, 5.74) is 0.441. The Morgan fingerprint density at radius 3 is 2.06 bits per heavy atom. The Morgan fingerprint density at radius 2 is 1.69 bits per heavy atom. The molecule has 0 radical (unpaired) electrons. The van der Waals surface area contributed by atoms with Gasteiger partial charge in [-0.15, -0.1) is 0 Å². The molecule has 0 aromatic carbocycles. The maximum Gasteiger partial charge on any atom is 0.0119 e. The second-order valence-electron chi connectivity index (χ2n) is 6.83. The largest absolute Gasteiger partial charge is 0.303 e. The molecule has 1 aliphatic heterocycles. The van der Waals surface area contributed by atoms with Crippen LogP contribution < -0.4 is 0 Å². The number of rotatable bonds is 3. The third-order valence-electron chi connectivity index (χ3n) is 3.65. The van der Waals surface area contributed by atoms with Crippen molar-refractivity contribution in [2.45, 2.75) is 59.5 Å². The van der Waals surface area contributed by atoms with Gasteiger partial charge in [0, 0.05) is 18.6 Å². The van der Waals surface area contributed by atoms with Gasteiger partial charge in [-0.05, 0) is 52.2 Å². The fourth-order valence-corrected chi connectivity index (χ4v) is 2.58. The average molecular weight is 226 g/mol. The molecule has 1 heterocycles. The Balaban J connectivity index is 2.34. The second kappa shape index (κ2) is 5.50. The minimum atomic E-state index is 0.441. The zero-order valence-electron chi connectivity index (χ0n) is 12.1. The fraction of sp³-hybridized carbons (Fsp3) is 1.00. The van der Waals surface area contributed by atoms with E-state index in [0.29, 0.717) is 11.5 Å². The van der Waals surface area contributed by atoms with Crippen molar-refractivity contribution in [2.75, 3.05) is 26.7 Å². The van der Waals surface area contributed by atoms with Crippen molar-refractivity contribution in [3.05, 3.63) is 0 Å². The summed E-state index contributed by atoms with van der Waals surface area (Å²) in [4.78, 5) is 5.17. The molecule has 96 valence electrons. The van der Waals surface area contributed by atoms with Gasteiger partial charge in [0.1, 0.15) is 0 Å². The van der Waals surface area contributed by atoms with Gasteiger partial charge in [-0.1, -0.05) is 20.8 Å². The van der Waals surface area contributed by atoms with E-state index in [-0.39, 0.29) is 0 Å². The van der Waals surface area contributed by atoms with Crippen LogP contribution in [0.3, 0.4) is 0 Å². The lowest BCUT2D eigenvalue weighted by molar-refractivity contribution is 0.0879. The van der Waals surface area contributed by atoms with Gasteiger partial charge in [-0.3, -0.25) is 0 Å². The Bertz CT molecular complexity index is 197. The first-order chi connectivity index (χ1) is 7.29. The first-order valence-electron chi connectivity index (χ1n) is 6.74. The van der Waals surface area contributed by atoms with Gasteiger partial charge in [0.05, 0.1) is 0 Å². The van der Waals surface area contributed by atoms with Crippen LogP contribution in [0.5, 0.6) is 0 Å². The highest BCUT2D eigenvalue weighted by atomic mass is 15.2. The van der Waals surface area contributed by atoms with E-state index in [1.54, 1.807) is 0 Å². The molecular formula is C14H30N2. The molecule has 2 heteroatoms. The highest BCUT2D eigenvalue weighted by molar-refractivity contribution is 4.81. The summed E-state index contributed by atoms with van der Waals surface area (Å²) in [6.07, 6.45) is 2.68. The maximum absolute atomic E-state index is 2.63. The molecule has 0 aliphatic carbocycles. The van der Waals surface area contributed by atoms with Gasteiger partial charge in [0.15, 0.2) is 0 Å². The Hall–Kier alpha value is -0.0800. The molecule has 0 unspecified atom stereocenters. The number of nitrogens with zero attached hydrogens (tertiary/aromatic N) is 2. The van der Waals surface area contributed by atoms with Gasteiger partial charge in [-0.2, -0.15) is 0 Å². The van der Waals surface area contributed by atoms with Gasteiger partial charge in [0.2, 0.25) is 0 Å². The van der Waals surface area contributed by atoms with E-state index in [4.69, 9.17) is 0 Å². The zero-order chi connectivity index (χ0) is 12.3. The smallest absolute Gasteiger partial charge is 0.0119 e. The quantitative estimate of drug-likeness (QED) is 0.730. The molecule has 0 saturated carbocycles. The van der Waals surface area contributed by atoms with Crippen LogP contribution >= 0.6 is 0 Å². The zero-order valence-corrected chi connectivity index (χ0v) is 12.1. The highest BCUT2D eigenvalue weighted by Crippen LogP contribution is 2.21. The van der Waals surface area contributed by atoms with Crippen molar-refractivity contribution in [3.8, 4) is 0 Å². The Kier molecular flexibility index (Phi) is 4.81. The molecule has 0 atom stereocenters. The molecule has 1 fully saturated rings. The minimum Gasteiger partial charge on any atom is -0.303 e. The summed E-state index contributed by atoms with van der Waals surface area (Å²) < 4.78 is 0. The first-order valence-corrected chi connectivity index (χ1v) is 6.74. The average Bonchev–Trinajstić information content (AvgIpc) is 2.15. The summed E-state index contributed by atoms with van der Waals surface area (Å²) in [5, 5.41) is 0. The molecular weight excluding hydrogens is 196 g/mol. The van der Waals surface area contributed by atoms with Crippen molar-refractivity contribution < 1.29 is 0 Å². The molecule has 16 heavy (non-hydrogen) atoms.